The Hall–Kier alpha value is -3.20. The number of aromatic nitrogens is 5. The monoisotopic (exact) mass is 448 g/mol. The minimum absolute atomic E-state index is 0.114. The predicted molar refractivity (Wildman–Crippen MR) is 127 cm³/mol. The van der Waals surface area contributed by atoms with Gasteiger partial charge in [-0.3, -0.25) is 19.1 Å². The van der Waals surface area contributed by atoms with E-state index in [4.69, 9.17) is 10.2 Å². The van der Waals surface area contributed by atoms with Crippen LogP contribution in [0.2, 0.25) is 0 Å². The van der Waals surface area contributed by atoms with Gasteiger partial charge in [0.05, 0.1) is 12.2 Å². The molecular weight excluding hydrogens is 416 g/mol. The molecule has 5 rings (SSSR count). The van der Waals surface area contributed by atoms with E-state index in [-0.39, 0.29) is 17.4 Å². The summed E-state index contributed by atoms with van der Waals surface area (Å²) in [5, 5.41) is 15.8. The van der Waals surface area contributed by atoms with Crippen molar-refractivity contribution in [2.75, 3.05) is 17.2 Å². The van der Waals surface area contributed by atoms with E-state index in [2.05, 4.69) is 62.8 Å². The molecule has 5 heterocycles. The number of pyridine rings is 1. The highest BCUT2D eigenvalue weighted by atomic mass is 16.1. The third kappa shape index (κ3) is 4.37. The van der Waals surface area contributed by atoms with Gasteiger partial charge in [0.15, 0.2) is 11.6 Å². The van der Waals surface area contributed by atoms with Gasteiger partial charge in [0, 0.05) is 62.0 Å². The van der Waals surface area contributed by atoms with Crippen molar-refractivity contribution in [1.82, 2.24) is 29.4 Å². The van der Waals surface area contributed by atoms with Crippen LogP contribution in [0, 0.1) is 0 Å². The molecule has 1 unspecified atom stereocenters. The molecule has 174 valence electrons. The van der Waals surface area contributed by atoms with Crippen LogP contribution in [0.4, 0.5) is 17.5 Å². The molecule has 0 saturated heterocycles. The van der Waals surface area contributed by atoms with Gasteiger partial charge >= 0.3 is 0 Å². The summed E-state index contributed by atoms with van der Waals surface area (Å²) in [6.45, 7) is 11.8. The first kappa shape index (κ1) is 21.6. The number of aryl methyl sites for hydroxylation is 1. The van der Waals surface area contributed by atoms with Crippen LogP contribution in [0.5, 0.6) is 0 Å². The Kier molecular flexibility index (Phi) is 5.44. The van der Waals surface area contributed by atoms with Crippen LogP contribution in [-0.2, 0) is 29.8 Å². The summed E-state index contributed by atoms with van der Waals surface area (Å²) in [7, 11) is 0. The lowest BCUT2D eigenvalue weighted by Crippen LogP contribution is -2.36. The summed E-state index contributed by atoms with van der Waals surface area (Å²) in [6.07, 6.45) is 4.10. The van der Waals surface area contributed by atoms with Crippen LogP contribution >= 0.6 is 0 Å². The van der Waals surface area contributed by atoms with Crippen LogP contribution in [0.25, 0.3) is 0 Å². The summed E-state index contributed by atoms with van der Waals surface area (Å²) in [4.78, 5) is 18.0. The topological polar surface area (TPSA) is 92.9 Å². The Morgan fingerprint density at radius 2 is 1.88 bits per heavy atom. The van der Waals surface area contributed by atoms with Gasteiger partial charge in [0.2, 0.25) is 5.91 Å². The number of nitrogens with one attached hydrogen (secondary N) is 2. The Labute approximate surface area is 194 Å². The minimum Gasteiger partial charge on any atom is -0.322 e. The summed E-state index contributed by atoms with van der Waals surface area (Å²) in [5.41, 5.74) is 3.75. The maximum Gasteiger partial charge on any atom is 0.222 e. The second-order valence-corrected chi connectivity index (χ2v) is 9.80. The van der Waals surface area contributed by atoms with Gasteiger partial charge in [0.25, 0.3) is 0 Å². The number of hydrogen-bond acceptors (Lipinski definition) is 6. The van der Waals surface area contributed by atoms with Gasteiger partial charge in [-0.2, -0.15) is 10.2 Å². The number of hydrogen-bond donors (Lipinski definition) is 2. The number of nitrogens with zero attached hydrogens (tertiary/aromatic N) is 6. The Morgan fingerprint density at radius 3 is 2.67 bits per heavy atom. The predicted octanol–water partition coefficient (Wildman–Crippen LogP) is 3.82. The molecule has 0 aliphatic carbocycles. The molecule has 1 amide bonds. The van der Waals surface area contributed by atoms with Crippen molar-refractivity contribution in [3.63, 3.8) is 0 Å². The molecule has 9 nitrogen and oxygen atoms in total. The molecule has 33 heavy (non-hydrogen) atoms. The molecule has 0 fully saturated rings. The first-order chi connectivity index (χ1) is 15.8. The highest BCUT2D eigenvalue weighted by Gasteiger charge is 2.30. The van der Waals surface area contributed by atoms with E-state index in [0.717, 1.165) is 49.8 Å². The van der Waals surface area contributed by atoms with Crippen molar-refractivity contribution in [3.05, 3.63) is 47.4 Å². The smallest absolute Gasteiger partial charge is 0.222 e. The van der Waals surface area contributed by atoms with Gasteiger partial charge in [-0.15, -0.1) is 0 Å². The third-order valence-electron chi connectivity index (χ3n) is 6.80. The first-order valence-corrected chi connectivity index (χ1v) is 11.7. The fourth-order valence-electron chi connectivity index (χ4n) is 5.01. The minimum atomic E-state index is -0.114. The van der Waals surface area contributed by atoms with Crippen molar-refractivity contribution >= 4 is 23.4 Å². The van der Waals surface area contributed by atoms with Crippen molar-refractivity contribution in [3.8, 4) is 0 Å². The SMILES string of the molecule is CC(=O)Nc1cc(CN2CCn3nc(Nc4cc5n(n4)CCCC5(C)C)cc3C2C)ccn1. The Bertz CT molecular complexity index is 1180. The number of anilines is 3. The third-order valence-corrected chi connectivity index (χ3v) is 6.80. The Morgan fingerprint density at radius 1 is 1.09 bits per heavy atom. The normalized spacial score (nSPS) is 19.6. The lowest BCUT2D eigenvalue weighted by molar-refractivity contribution is -0.114. The lowest BCUT2D eigenvalue weighted by Gasteiger charge is -2.33. The molecule has 0 bridgehead atoms. The second-order valence-electron chi connectivity index (χ2n) is 9.80. The van der Waals surface area contributed by atoms with E-state index in [1.807, 2.05) is 12.1 Å². The highest BCUT2D eigenvalue weighted by molar-refractivity contribution is 5.87. The van der Waals surface area contributed by atoms with Crippen LogP contribution in [-0.4, -0.2) is 41.9 Å². The van der Waals surface area contributed by atoms with E-state index >= 15 is 0 Å². The molecule has 0 saturated carbocycles. The average molecular weight is 449 g/mol. The molecule has 9 heteroatoms. The number of carbonyl (C=O) groups is 1. The largest absolute Gasteiger partial charge is 0.322 e. The molecule has 2 N–H and O–H groups in total. The number of fused-ring (bicyclic) bond motifs is 2. The van der Waals surface area contributed by atoms with E-state index < -0.39 is 0 Å². The van der Waals surface area contributed by atoms with Gasteiger partial charge in [-0.25, -0.2) is 4.98 Å². The maximum absolute atomic E-state index is 11.3. The van der Waals surface area contributed by atoms with Crippen molar-refractivity contribution < 1.29 is 4.79 Å². The molecule has 0 spiro atoms. The molecular formula is C24H32N8O. The van der Waals surface area contributed by atoms with E-state index in [0.29, 0.717) is 5.82 Å². The number of rotatable bonds is 5. The van der Waals surface area contributed by atoms with Gasteiger partial charge in [-0.05, 0) is 37.5 Å². The van der Waals surface area contributed by atoms with E-state index in [1.54, 1.807) is 6.20 Å². The highest BCUT2D eigenvalue weighted by Crippen LogP contribution is 2.35. The zero-order chi connectivity index (χ0) is 23.2. The second kappa shape index (κ2) is 8.30. The van der Waals surface area contributed by atoms with Crippen molar-refractivity contribution in [1.29, 1.82) is 0 Å². The van der Waals surface area contributed by atoms with E-state index in [9.17, 15) is 4.79 Å². The molecule has 3 aromatic rings. The lowest BCUT2D eigenvalue weighted by atomic mass is 9.82. The number of amides is 1. The Balaban J connectivity index is 1.30. The molecule has 0 radical (unpaired) electrons. The molecule has 2 aliphatic rings. The maximum atomic E-state index is 11.3. The van der Waals surface area contributed by atoms with Crippen LogP contribution in [0.1, 0.15) is 63.5 Å². The van der Waals surface area contributed by atoms with Crippen molar-refractivity contribution in [2.45, 2.75) is 71.6 Å². The number of carbonyl (C=O) groups excluding carboxylic acids is 1. The molecule has 0 aromatic carbocycles. The summed E-state index contributed by atoms with van der Waals surface area (Å²) >= 11 is 0. The summed E-state index contributed by atoms with van der Waals surface area (Å²) in [6, 6.07) is 8.46. The molecule has 2 aliphatic heterocycles. The van der Waals surface area contributed by atoms with Crippen LogP contribution in [0.3, 0.4) is 0 Å². The van der Waals surface area contributed by atoms with Gasteiger partial charge < -0.3 is 10.6 Å². The average Bonchev–Trinajstić information content (AvgIpc) is 3.35. The van der Waals surface area contributed by atoms with Crippen LogP contribution in [0.15, 0.2) is 30.5 Å². The summed E-state index contributed by atoms with van der Waals surface area (Å²) in [5.74, 6) is 2.18. The quantitative estimate of drug-likeness (QED) is 0.616. The first-order valence-electron chi connectivity index (χ1n) is 11.7. The fraction of sp³-hybridized carbons (Fsp3) is 0.500. The fourth-order valence-corrected chi connectivity index (χ4v) is 5.01. The van der Waals surface area contributed by atoms with Crippen LogP contribution < -0.4 is 10.6 Å². The molecule has 1 atom stereocenters. The zero-order valence-electron chi connectivity index (χ0n) is 19.8. The van der Waals surface area contributed by atoms with E-state index in [1.165, 1.54) is 24.7 Å². The van der Waals surface area contributed by atoms with Gasteiger partial charge in [-0.1, -0.05) is 13.8 Å². The van der Waals surface area contributed by atoms with Crippen molar-refractivity contribution in [2.24, 2.45) is 0 Å². The summed E-state index contributed by atoms with van der Waals surface area (Å²) < 4.78 is 4.23. The standard InChI is InChI=1S/C24H32N8O/c1-16-19-13-22(27-23-14-20-24(3,4)7-5-9-32(20)29-23)28-31(19)11-10-30(16)15-18-6-8-25-21(12-18)26-17(2)33/h6,8,12-14,16H,5,7,9-11,15H2,1-4H3,(H,25,26,33)(H,27,28,29). The molecule has 3 aromatic heterocycles. The van der Waals surface area contributed by atoms with Gasteiger partial charge in [0.1, 0.15) is 5.82 Å². The zero-order valence-corrected chi connectivity index (χ0v) is 19.8.